The molecule has 2 N–H and O–H groups in total. The van der Waals surface area contributed by atoms with Gasteiger partial charge in [0.25, 0.3) is 0 Å². The summed E-state index contributed by atoms with van der Waals surface area (Å²) >= 11 is 6.18. The van der Waals surface area contributed by atoms with Crippen molar-refractivity contribution in [2.24, 2.45) is 10.7 Å². The number of ether oxygens (including phenoxy) is 2. The molecule has 1 saturated heterocycles. The summed E-state index contributed by atoms with van der Waals surface area (Å²) in [7, 11) is 1.65. The molecule has 0 aromatic heterocycles. The number of hydrogen-bond acceptors (Lipinski definition) is 3. The smallest absolute Gasteiger partial charge is 0.191 e. The normalized spacial score (nSPS) is 18.1. The number of nitrogens with two attached hydrogens (primary N) is 1. The average molecular weight is 298 g/mol. The molecule has 5 nitrogen and oxygen atoms in total. The predicted molar refractivity (Wildman–Crippen MR) is 80.1 cm³/mol. The molecule has 0 radical (unpaired) electrons. The first-order valence-corrected chi connectivity index (χ1v) is 7.00. The standard InChI is InChI=1S/C14H20ClN3O2/c1-19-13(11-4-2-3-5-12(11)15)10-17-14(16)18-6-8-20-9-7-18/h2-5,13H,6-10H2,1H3,(H2,16,17). The van der Waals surface area contributed by atoms with E-state index in [-0.39, 0.29) is 6.10 Å². The molecule has 2 rings (SSSR count). The van der Waals surface area contributed by atoms with E-state index in [1.165, 1.54) is 0 Å². The second kappa shape index (κ2) is 7.47. The molecule has 0 spiro atoms. The molecule has 1 fully saturated rings. The van der Waals surface area contributed by atoms with Crippen molar-refractivity contribution in [3.05, 3.63) is 34.9 Å². The molecule has 1 atom stereocenters. The Morgan fingerprint density at radius 1 is 1.45 bits per heavy atom. The lowest BCUT2D eigenvalue weighted by Crippen LogP contribution is -2.45. The van der Waals surface area contributed by atoms with Gasteiger partial charge in [-0.1, -0.05) is 29.8 Å². The molecule has 1 heterocycles. The van der Waals surface area contributed by atoms with Gasteiger partial charge in [-0.2, -0.15) is 0 Å². The van der Waals surface area contributed by atoms with Crippen LogP contribution in [0.1, 0.15) is 11.7 Å². The van der Waals surface area contributed by atoms with Crippen LogP contribution < -0.4 is 5.73 Å². The van der Waals surface area contributed by atoms with Crippen LogP contribution in [0.3, 0.4) is 0 Å². The topological polar surface area (TPSA) is 60.1 Å². The Morgan fingerprint density at radius 3 is 2.80 bits per heavy atom. The maximum absolute atomic E-state index is 6.18. The van der Waals surface area contributed by atoms with Crippen LogP contribution >= 0.6 is 11.6 Å². The zero-order valence-electron chi connectivity index (χ0n) is 11.6. The summed E-state index contributed by atoms with van der Waals surface area (Å²) in [5.74, 6) is 0.530. The molecule has 110 valence electrons. The maximum atomic E-state index is 6.18. The van der Waals surface area contributed by atoms with E-state index < -0.39 is 0 Å². The van der Waals surface area contributed by atoms with E-state index in [1.54, 1.807) is 7.11 Å². The van der Waals surface area contributed by atoms with Crippen LogP contribution in [0, 0.1) is 0 Å². The number of halogens is 1. The number of benzene rings is 1. The molecule has 6 heteroatoms. The molecule has 1 aromatic rings. The van der Waals surface area contributed by atoms with Gasteiger partial charge >= 0.3 is 0 Å². The third kappa shape index (κ3) is 3.85. The fourth-order valence-electron chi connectivity index (χ4n) is 2.10. The van der Waals surface area contributed by atoms with Crippen LogP contribution in [-0.2, 0) is 9.47 Å². The molecule has 1 unspecified atom stereocenters. The molecule has 0 saturated carbocycles. The highest BCUT2D eigenvalue weighted by Gasteiger charge is 2.16. The van der Waals surface area contributed by atoms with Crippen molar-refractivity contribution in [3.63, 3.8) is 0 Å². The number of nitrogens with zero attached hydrogens (tertiary/aromatic N) is 2. The first-order valence-electron chi connectivity index (χ1n) is 6.62. The lowest BCUT2D eigenvalue weighted by molar-refractivity contribution is 0.0669. The van der Waals surface area contributed by atoms with E-state index in [2.05, 4.69) is 4.99 Å². The molecule has 20 heavy (non-hydrogen) atoms. The van der Waals surface area contributed by atoms with Crippen molar-refractivity contribution < 1.29 is 9.47 Å². The maximum Gasteiger partial charge on any atom is 0.191 e. The SMILES string of the molecule is COC(CN=C(N)N1CCOCC1)c1ccccc1Cl. The van der Waals surface area contributed by atoms with E-state index >= 15 is 0 Å². The zero-order valence-corrected chi connectivity index (χ0v) is 12.3. The highest BCUT2D eigenvalue weighted by Crippen LogP contribution is 2.25. The first-order chi connectivity index (χ1) is 9.72. The number of guanidine groups is 1. The molecular weight excluding hydrogens is 278 g/mol. The van der Waals surface area contributed by atoms with Crippen LogP contribution in [0.2, 0.25) is 5.02 Å². The Hall–Kier alpha value is -1.30. The van der Waals surface area contributed by atoms with Gasteiger partial charge in [0.2, 0.25) is 0 Å². The first kappa shape index (κ1) is 15.1. The van der Waals surface area contributed by atoms with Gasteiger partial charge in [-0.25, -0.2) is 0 Å². The minimum absolute atomic E-state index is 0.191. The Labute approximate surface area is 124 Å². The minimum Gasteiger partial charge on any atom is -0.378 e. The third-order valence-electron chi connectivity index (χ3n) is 3.29. The van der Waals surface area contributed by atoms with Gasteiger partial charge < -0.3 is 20.1 Å². The number of methoxy groups -OCH3 is 1. The number of aliphatic imine (C=N–C) groups is 1. The van der Waals surface area contributed by atoms with E-state index in [9.17, 15) is 0 Å². The Morgan fingerprint density at radius 2 is 2.15 bits per heavy atom. The van der Waals surface area contributed by atoms with Gasteiger partial charge in [-0.3, -0.25) is 4.99 Å². The summed E-state index contributed by atoms with van der Waals surface area (Å²) in [6.07, 6.45) is -0.191. The van der Waals surface area contributed by atoms with Gasteiger partial charge in [-0.05, 0) is 6.07 Å². The molecule has 1 aromatic carbocycles. The fourth-order valence-corrected chi connectivity index (χ4v) is 2.36. The predicted octanol–water partition coefficient (Wildman–Crippen LogP) is 1.67. The van der Waals surface area contributed by atoms with Crippen molar-refractivity contribution in [1.29, 1.82) is 0 Å². The van der Waals surface area contributed by atoms with Crippen LogP contribution in [-0.4, -0.2) is 50.8 Å². The minimum atomic E-state index is -0.191. The van der Waals surface area contributed by atoms with Gasteiger partial charge in [0.1, 0.15) is 6.10 Å². The van der Waals surface area contributed by atoms with Gasteiger partial charge in [0.05, 0.1) is 19.8 Å². The summed E-state index contributed by atoms with van der Waals surface area (Å²) in [4.78, 5) is 6.43. The van der Waals surface area contributed by atoms with E-state index in [0.717, 1.165) is 18.7 Å². The van der Waals surface area contributed by atoms with Crippen molar-refractivity contribution >= 4 is 17.6 Å². The molecular formula is C14H20ClN3O2. The third-order valence-corrected chi connectivity index (χ3v) is 3.64. The second-order valence-corrected chi connectivity index (χ2v) is 4.95. The van der Waals surface area contributed by atoms with E-state index in [4.69, 9.17) is 26.8 Å². The fraction of sp³-hybridized carbons (Fsp3) is 0.500. The molecule has 1 aliphatic heterocycles. The number of rotatable bonds is 4. The van der Waals surface area contributed by atoms with Crippen molar-refractivity contribution in [2.45, 2.75) is 6.10 Å². The number of hydrogen-bond donors (Lipinski definition) is 1. The Kier molecular flexibility index (Phi) is 5.64. The van der Waals surface area contributed by atoms with Crippen LogP contribution in [0.4, 0.5) is 0 Å². The monoisotopic (exact) mass is 297 g/mol. The molecule has 0 bridgehead atoms. The number of morpholine rings is 1. The highest BCUT2D eigenvalue weighted by atomic mass is 35.5. The molecule has 1 aliphatic rings. The Balaban J connectivity index is 2.01. The lowest BCUT2D eigenvalue weighted by Gasteiger charge is -2.28. The van der Waals surface area contributed by atoms with E-state index in [0.29, 0.717) is 30.7 Å². The van der Waals surface area contributed by atoms with Crippen LogP contribution in [0.5, 0.6) is 0 Å². The van der Waals surface area contributed by atoms with Gasteiger partial charge in [0.15, 0.2) is 5.96 Å². The van der Waals surface area contributed by atoms with Crippen LogP contribution in [0.25, 0.3) is 0 Å². The van der Waals surface area contributed by atoms with Gasteiger partial charge in [-0.15, -0.1) is 0 Å². The van der Waals surface area contributed by atoms with E-state index in [1.807, 2.05) is 29.2 Å². The molecule has 0 aliphatic carbocycles. The lowest BCUT2D eigenvalue weighted by atomic mass is 10.1. The van der Waals surface area contributed by atoms with Crippen molar-refractivity contribution in [1.82, 2.24) is 4.90 Å². The van der Waals surface area contributed by atoms with Crippen molar-refractivity contribution in [2.75, 3.05) is 40.0 Å². The summed E-state index contributed by atoms with van der Waals surface area (Å²) in [6.45, 7) is 3.38. The highest BCUT2D eigenvalue weighted by molar-refractivity contribution is 6.31. The second-order valence-electron chi connectivity index (χ2n) is 4.54. The summed E-state index contributed by atoms with van der Waals surface area (Å²) < 4.78 is 10.8. The summed E-state index contributed by atoms with van der Waals surface area (Å²) in [6, 6.07) is 7.61. The van der Waals surface area contributed by atoms with Crippen LogP contribution in [0.15, 0.2) is 29.3 Å². The quantitative estimate of drug-likeness (QED) is 0.678. The summed E-state index contributed by atoms with van der Waals surface area (Å²) in [5, 5.41) is 0.680. The average Bonchev–Trinajstić information content (AvgIpc) is 2.50. The molecule has 0 amide bonds. The Bertz CT molecular complexity index is 461. The van der Waals surface area contributed by atoms with Crippen molar-refractivity contribution in [3.8, 4) is 0 Å². The zero-order chi connectivity index (χ0) is 14.4. The largest absolute Gasteiger partial charge is 0.378 e. The van der Waals surface area contributed by atoms with Gasteiger partial charge in [0, 0.05) is 30.8 Å². The summed E-state index contributed by atoms with van der Waals surface area (Å²) in [5.41, 5.74) is 6.93.